The summed E-state index contributed by atoms with van der Waals surface area (Å²) in [5, 5.41) is 9.36. The SMILES string of the molecule is Cc1cc(O)cc(C(C)(C)C)c1.Cl.Cl.[F][Ti]=[C](c1ccccc1)c1ccccc1. The first-order valence-electron chi connectivity index (χ1n) is 8.97. The maximum atomic E-state index is 13.1. The molecule has 0 unspecified atom stereocenters. The molecule has 3 aromatic carbocycles. The Kier molecular flexibility index (Phi) is 12.3. The van der Waals surface area contributed by atoms with Crippen LogP contribution < -0.4 is 0 Å². The molecular formula is C24H28Cl2FOTi. The van der Waals surface area contributed by atoms with Crippen molar-refractivity contribution in [3.8, 4) is 5.75 Å². The number of halogens is 3. The fraction of sp³-hybridized carbons (Fsp3) is 0.208. The summed E-state index contributed by atoms with van der Waals surface area (Å²) in [6, 6.07) is 25.2. The minimum atomic E-state index is -1.53. The third-order valence-corrected chi connectivity index (χ3v) is 5.34. The number of aryl methyl sites for hydroxylation is 1. The molecule has 5 heteroatoms. The van der Waals surface area contributed by atoms with Gasteiger partial charge in [-0.25, -0.2) is 0 Å². The molecule has 0 aromatic heterocycles. The van der Waals surface area contributed by atoms with Gasteiger partial charge in [0.1, 0.15) is 5.75 Å². The molecule has 155 valence electrons. The van der Waals surface area contributed by atoms with E-state index in [-0.39, 0.29) is 30.2 Å². The van der Waals surface area contributed by atoms with E-state index in [1.165, 1.54) is 5.56 Å². The molecule has 0 fully saturated rings. The van der Waals surface area contributed by atoms with E-state index in [4.69, 9.17) is 0 Å². The van der Waals surface area contributed by atoms with Crippen LogP contribution in [0.15, 0.2) is 78.9 Å². The van der Waals surface area contributed by atoms with Gasteiger partial charge in [0.2, 0.25) is 0 Å². The van der Waals surface area contributed by atoms with Gasteiger partial charge in [-0.3, -0.25) is 0 Å². The van der Waals surface area contributed by atoms with Crippen LogP contribution in [-0.4, -0.2) is 8.92 Å². The molecule has 0 heterocycles. The van der Waals surface area contributed by atoms with Crippen molar-refractivity contribution in [1.29, 1.82) is 0 Å². The van der Waals surface area contributed by atoms with Crippen LogP contribution in [0.2, 0.25) is 0 Å². The third kappa shape index (κ3) is 8.84. The standard InChI is InChI=1S/C13H10.C11H16O.2ClH.FH.Ti/c1-3-7-12(8-4-1)11-13-9-5-2-6-10-13;1-8-5-9(11(2,3)4)7-10(12)6-8;;;;/h1-10H;5-7,12H,1-4H3;3*1H;/q;;;;;+1/p-1. The van der Waals surface area contributed by atoms with Crippen LogP contribution >= 0.6 is 24.8 Å². The van der Waals surface area contributed by atoms with E-state index in [0.717, 1.165) is 20.5 Å². The molecule has 3 aromatic rings. The molecule has 0 spiro atoms. The Morgan fingerprint density at radius 1 is 0.793 bits per heavy atom. The molecular weight excluding hydrogens is 442 g/mol. The zero-order chi connectivity index (χ0) is 19.9. The van der Waals surface area contributed by atoms with E-state index in [1.54, 1.807) is 6.07 Å². The van der Waals surface area contributed by atoms with Crippen LogP contribution in [0.4, 0.5) is 3.09 Å². The third-order valence-electron chi connectivity index (χ3n) is 4.15. The second kappa shape index (κ2) is 13.0. The zero-order valence-corrected chi connectivity index (χ0v) is 20.3. The van der Waals surface area contributed by atoms with Crippen LogP contribution in [-0.2, 0) is 24.6 Å². The van der Waals surface area contributed by atoms with Crippen LogP contribution in [0.5, 0.6) is 5.75 Å². The number of rotatable bonds is 2. The van der Waals surface area contributed by atoms with Gasteiger partial charge in [0, 0.05) is 0 Å². The van der Waals surface area contributed by atoms with Gasteiger partial charge in [-0.15, -0.1) is 24.8 Å². The average Bonchev–Trinajstić information content (AvgIpc) is 2.63. The van der Waals surface area contributed by atoms with E-state index >= 15 is 0 Å². The molecule has 0 aliphatic carbocycles. The van der Waals surface area contributed by atoms with Crippen LogP contribution in [0.3, 0.4) is 0 Å². The second-order valence-electron chi connectivity index (χ2n) is 7.51. The van der Waals surface area contributed by atoms with Crippen molar-refractivity contribution in [2.24, 2.45) is 0 Å². The van der Waals surface area contributed by atoms with Crippen molar-refractivity contribution in [1.82, 2.24) is 0 Å². The number of phenols is 1. The fourth-order valence-corrected chi connectivity index (χ4v) is 3.54. The van der Waals surface area contributed by atoms with Gasteiger partial charge in [0.25, 0.3) is 0 Å². The van der Waals surface area contributed by atoms with Gasteiger partial charge in [-0.05, 0) is 35.6 Å². The molecule has 0 atom stereocenters. The fourth-order valence-electron chi connectivity index (χ4n) is 2.68. The van der Waals surface area contributed by atoms with E-state index < -0.39 is 19.2 Å². The Bertz CT molecular complexity index is 830. The van der Waals surface area contributed by atoms with Crippen molar-refractivity contribution in [3.05, 3.63) is 101 Å². The van der Waals surface area contributed by atoms with Crippen molar-refractivity contribution < 1.29 is 27.4 Å². The van der Waals surface area contributed by atoms with Gasteiger partial charge in [-0.2, -0.15) is 0 Å². The molecule has 0 saturated carbocycles. The summed E-state index contributed by atoms with van der Waals surface area (Å²) in [6.07, 6.45) is 0. The molecule has 1 N–H and O–H groups in total. The number of hydrogen-bond acceptors (Lipinski definition) is 1. The van der Waals surface area contributed by atoms with E-state index in [9.17, 15) is 8.20 Å². The van der Waals surface area contributed by atoms with Crippen LogP contribution in [0.1, 0.15) is 43.0 Å². The summed E-state index contributed by atoms with van der Waals surface area (Å²) in [5.41, 5.74) is 4.42. The molecule has 29 heavy (non-hydrogen) atoms. The van der Waals surface area contributed by atoms with Crippen molar-refractivity contribution in [3.63, 3.8) is 0 Å². The van der Waals surface area contributed by atoms with Gasteiger partial charge in [0.05, 0.1) is 0 Å². The molecule has 0 aliphatic rings. The van der Waals surface area contributed by atoms with Gasteiger partial charge >= 0.3 is 97.9 Å². The summed E-state index contributed by atoms with van der Waals surface area (Å²) in [5.74, 6) is 0.361. The Morgan fingerprint density at radius 2 is 1.24 bits per heavy atom. The van der Waals surface area contributed by atoms with Gasteiger partial charge in [0.15, 0.2) is 0 Å². The summed E-state index contributed by atoms with van der Waals surface area (Å²) in [7, 11) is 0. The predicted octanol–water partition coefficient (Wildman–Crippen LogP) is 7.06. The number of hydrogen-bond donors (Lipinski definition) is 1. The molecule has 3 rings (SSSR count). The Hall–Kier alpha value is -1.45. The summed E-state index contributed by atoms with van der Waals surface area (Å²) < 4.78 is 14.0. The van der Waals surface area contributed by atoms with E-state index in [1.807, 2.05) is 73.7 Å². The van der Waals surface area contributed by atoms with E-state index in [0.29, 0.717) is 5.75 Å². The number of benzene rings is 3. The molecule has 1 nitrogen and oxygen atoms in total. The number of aromatic hydroxyl groups is 1. The normalized spacial score (nSPS) is 9.69. The summed E-state index contributed by atoms with van der Waals surface area (Å²) >= 11 is -1.53. The first kappa shape index (κ1) is 27.6. The Morgan fingerprint density at radius 3 is 1.59 bits per heavy atom. The first-order chi connectivity index (χ1) is 12.8. The van der Waals surface area contributed by atoms with Crippen LogP contribution in [0.25, 0.3) is 0 Å². The van der Waals surface area contributed by atoms with Crippen molar-refractivity contribution in [2.45, 2.75) is 33.1 Å². The minimum absolute atomic E-state index is 0. The molecule has 0 amide bonds. The summed E-state index contributed by atoms with van der Waals surface area (Å²) in [6.45, 7) is 8.42. The quantitative estimate of drug-likeness (QED) is 0.398. The van der Waals surface area contributed by atoms with Crippen LogP contribution in [0, 0.1) is 6.92 Å². The predicted molar refractivity (Wildman–Crippen MR) is 123 cm³/mol. The Balaban J connectivity index is 0.000000518. The zero-order valence-electron chi connectivity index (χ0n) is 17.1. The summed E-state index contributed by atoms with van der Waals surface area (Å²) in [4.78, 5) is 0. The second-order valence-corrected chi connectivity index (χ2v) is 8.58. The van der Waals surface area contributed by atoms with Gasteiger partial charge in [-0.1, -0.05) is 26.8 Å². The van der Waals surface area contributed by atoms with E-state index in [2.05, 4.69) is 26.8 Å². The van der Waals surface area contributed by atoms with Gasteiger partial charge < -0.3 is 5.11 Å². The monoisotopic (exact) mass is 469 g/mol. The molecule has 0 bridgehead atoms. The molecule has 0 aliphatic heterocycles. The topological polar surface area (TPSA) is 20.2 Å². The number of phenolic OH excluding ortho intramolecular Hbond substituents is 1. The first-order valence-corrected chi connectivity index (χ1v) is 10.3. The average molecular weight is 470 g/mol. The maximum absolute atomic E-state index is 13.1. The molecule has 0 radical (unpaired) electrons. The van der Waals surface area contributed by atoms with Crippen molar-refractivity contribution in [2.75, 3.05) is 0 Å². The van der Waals surface area contributed by atoms with Crippen molar-refractivity contribution >= 4 is 28.6 Å². The molecule has 0 saturated heterocycles. The Labute approximate surface area is 195 Å².